The van der Waals surface area contributed by atoms with E-state index in [9.17, 15) is 9.59 Å². The van der Waals surface area contributed by atoms with Gasteiger partial charge in [0.15, 0.2) is 0 Å². The van der Waals surface area contributed by atoms with Crippen LogP contribution < -0.4 is 5.32 Å². The first kappa shape index (κ1) is 23.2. The molecule has 0 heterocycles. The van der Waals surface area contributed by atoms with Gasteiger partial charge in [-0.25, -0.2) is 0 Å². The molecule has 2 rings (SSSR count). The Bertz CT molecular complexity index is 805. The second kappa shape index (κ2) is 11.2. The molecule has 2 aromatic carbocycles. The van der Waals surface area contributed by atoms with E-state index in [0.717, 1.165) is 5.56 Å². The molecule has 0 aliphatic heterocycles. The summed E-state index contributed by atoms with van der Waals surface area (Å²) in [5, 5.41) is 3.87. The molecule has 0 saturated heterocycles. The van der Waals surface area contributed by atoms with Crippen LogP contribution in [0.3, 0.4) is 0 Å². The number of benzene rings is 2. The minimum atomic E-state index is -0.635. The van der Waals surface area contributed by atoms with Gasteiger partial charge in [-0.2, -0.15) is 0 Å². The molecule has 0 fully saturated rings. The number of amides is 2. The number of halogens is 2. The van der Waals surface area contributed by atoms with Gasteiger partial charge in [0.1, 0.15) is 6.04 Å². The van der Waals surface area contributed by atoms with Gasteiger partial charge in [-0.05, 0) is 37.0 Å². The third-order valence-electron chi connectivity index (χ3n) is 4.71. The molecular formula is C23H28Cl2N2O2. The van der Waals surface area contributed by atoms with Crippen molar-refractivity contribution in [1.29, 1.82) is 0 Å². The van der Waals surface area contributed by atoms with Crippen LogP contribution in [0.5, 0.6) is 0 Å². The Morgan fingerprint density at radius 1 is 0.966 bits per heavy atom. The van der Waals surface area contributed by atoms with Crippen molar-refractivity contribution in [2.24, 2.45) is 5.92 Å². The van der Waals surface area contributed by atoms with Gasteiger partial charge in [0.25, 0.3) is 0 Å². The van der Waals surface area contributed by atoms with E-state index in [1.165, 1.54) is 0 Å². The first-order valence-corrected chi connectivity index (χ1v) is 10.6. The van der Waals surface area contributed by atoms with Crippen molar-refractivity contribution in [3.8, 4) is 0 Å². The number of hydrogen-bond donors (Lipinski definition) is 1. The van der Waals surface area contributed by atoms with E-state index in [1.54, 1.807) is 30.0 Å². The molecule has 0 bridgehead atoms. The Balaban J connectivity index is 2.19. The van der Waals surface area contributed by atoms with Crippen LogP contribution in [0.4, 0.5) is 0 Å². The number of carbonyl (C=O) groups excluding carboxylic acids is 2. The molecule has 1 N–H and O–H groups in total. The summed E-state index contributed by atoms with van der Waals surface area (Å²) in [5.41, 5.74) is 1.72. The van der Waals surface area contributed by atoms with E-state index in [4.69, 9.17) is 23.2 Å². The molecule has 2 amide bonds. The lowest BCUT2D eigenvalue weighted by molar-refractivity contribution is -0.140. The molecule has 4 nitrogen and oxygen atoms in total. The largest absolute Gasteiger partial charge is 0.354 e. The smallest absolute Gasteiger partial charge is 0.242 e. The van der Waals surface area contributed by atoms with Gasteiger partial charge in [-0.3, -0.25) is 9.59 Å². The molecule has 0 spiro atoms. The summed E-state index contributed by atoms with van der Waals surface area (Å²) < 4.78 is 0. The summed E-state index contributed by atoms with van der Waals surface area (Å²) >= 11 is 12.6. The van der Waals surface area contributed by atoms with Gasteiger partial charge in [-0.15, -0.1) is 0 Å². The van der Waals surface area contributed by atoms with E-state index in [-0.39, 0.29) is 18.4 Å². The summed E-state index contributed by atoms with van der Waals surface area (Å²) in [6.07, 6.45) is 0.903. The van der Waals surface area contributed by atoms with E-state index in [2.05, 4.69) is 5.32 Å². The summed E-state index contributed by atoms with van der Waals surface area (Å²) in [6.45, 7) is 6.53. The number of carbonyl (C=O) groups is 2. The standard InChI is InChI=1S/C23H28Cl2N2O2/c1-16(2)14-26-23(29)17(3)27(15-19-20(24)10-7-11-21(19)25)22(28)13-12-18-8-5-4-6-9-18/h4-11,16-17H,12-15H2,1-3H3,(H,26,29)/t17-/m0/s1. The predicted octanol–water partition coefficient (Wildman–Crippen LogP) is 5.12. The topological polar surface area (TPSA) is 49.4 Å². The summed E-state index contributed by atoms with van der Waals surface area (Å²) in [4.78, 5) is 27.3. The quantitative estimate of drug-likeness (QED) is 0.595. The second-order valence-electron chi connectivity index (χ2n) is 7.52. The van der Waals surface area contributed by atoms with E-state index in [0.29, 0.717) is 40.9 Å². The Morgan fingerprint density at radius 2 is 1.59 bits per heavy atom. The van der Waals surface area contributed by atoms with Crippen LogP contribution in [-0.4, -0.2) is 29.3 Å². The van der Waals surface area contributed by atoms with Gasteiger partial charge < -0.3 is 10.2 Å². The second-order valence-corrected chi connectivity index (χ2v) is 8.34. The van der Waals surface area contributed by atoms with Crippen LogP contribution in [0.15, 0.2) is 48.5 Å². The maximum absolute atomic E-state index is 13.1. The molecular weight excluding hydrogens is 407 g/mol. The van der Waals surface area contributed by atoms with Crippen LogP contribution in [0.25, 0.3) is 0 Å². The minimum Gasteiger partial charge on any atom is -0.354 e. The lowest BCUT2D eigenvalue weighted by atomic mass is 10.1. The molecule has 0 aliphatic rings. The van der Waals surface area contributed by atoms with Crippen LogP contribution in [0.2, 0.25) is 10.0 Å². The third kappa shape index (κ3) is 7.06. The lowest BCUT2D eigenvalue weighted by Gasteiger charge is -2.29. The number of nitrogens with one attached hydrogen (secondary N) is 1. The van der Waals surface area contributed by atoms with Crippen molar-refractivity contribution in [3.05, 3.63) is 69.7 Å². The highest BCUT2D eigenvalue weighted by molar-refractivity contribution is 6.36. The highest BCUT2D eigenvalue weighted by Gasteiger charge is 2.27. The predicted molar refractivity (Wildman–Crippen MR) is 119 cm³/mol. The Hall–Kier alpha value is -2.04. The van der Waals surface area contributed by atoms with Gasteiger partial charge in [-0.1, -0.05) is 73.4 Å². The van der Waals surface area contributed by atoms with Crippen molar-refractivity contribution < 1.29 is 9.59 Å². The summed E-state index contributed by atoms with van der Waals surface area (Å²) in [5.74, 6) is 0.0263. The van der Waals surface area contributed by atoms with Gasteiger partial charge in [0.05, 0.1) is 0 Å². The van der Waals surface area contributed by atoms with Crippen LogP contribution >= 0.6 is 23.2 Å². The Labute approximate surface area is 183 Å². The van der Waals surface area contributed by atoms with Gasteiger partial charge in [0.2, 0.25) is 11.8 Å². The number of nitrogens with zero attached hydrogens (tertiary/aromatic N) is 1. The van der Waals surface area contributed by atoms with E-state index in [1.807, 2.05) is 44.2 Å². The van der Waals surface area contributed by atoms with Crippen LogP contribution in [0.1, 0.15) is 38.3 Å². The zero-order valence-corrected chi connectivity index (χ0v) is 18.6. The minimum absolute atomic E-state index is 0.114. The molecule has 29 heavy (non-hydrogen) atoms. The van der Waals surface area contributed by atoms with Crippen molar-refractivity contribution in [2.75, 3.05) is 6.54 Å². The van der Waals surface area contributed by atoms with Crippen molar-refractivity contribution >= 4 is 35.0 Å². The fourth-order valence-electron chi connectivity index (χ4n) is 2.93. The van der Waals surface area contributed by atoms with Crippen molar-refractivity contribution in [1.82, 2.24) is 10.2 Å². The fraction of sp³-hybridized carbons (Fsp3) is 0.391. The SMILES string of the molecule is CC(C)CNC(=O)[C@H](C)N(Cc1c(Cl)cccc1Cl)C(=O)CCc1ccccc1. The summed E-state index contributed by atoms with van der Waals surface area (Å²) in [7, 11) is 0. The maximum atomic E-state index is 13.1. The van der Waals surface area contributed by atoms with Gasteiger partial charge in [0, 0.05) is 35.1 Å². The zero-order valence-electron chi connectivity index (χ0n) is 17.1. The molecule has 0 aromatic heterocycles. The molecule has 156 valence electrons. The molecule has 0 unspecified atom stereocenters. The van der Waals surface area contributed by atoms with Crippen molar-refractivity contribution in [2.45, 2.75) is 46.2 Å². The zero-order chi connectivity index (χ0) is 21.4. The third-order valence-corrected chi connectivity index (χ3v) is 5.42. The molecule has 1 atom stereocenters. The normalized spacial score (nSPS) is 11.9. The van der Waals surface area contributed by atoms with E-state index < -0.39 is 6.04 Å². The molecule has 0 aliphatic carbocycles. The number of aryl methyl sites for hydroxylation is 1. The maximum Gasteiger partial charge on any atom is 0.242 e. The van der Waals surface area contributed by atoms with Crippen LogP contribution in [-0.2, 0) is 22.6 Å². The molecule has 2 aromatic rings. The highest BCUT2D eigenvalue weighted by Crippen LogP contribution is 2.27. The Morgan fingerprint density at radius 3 is 2.17 bits per heavy atom. The molecule has 0 saturated carbocycles. The molecule has 0 radical (unpaired) electrons. The van der Waals surface area contributed by atoms with E-state index >= 15 is 0 Å². The summed E-state index contributed by atoms with van der Waals surface area (Å²) in [6, 6.07) is 14.4. The lowest BCUT2D eigenvalue weighted by Crippen LogP contribution is -2.48. The first-order valence-electron chi connectivity index (χ1n) is 9.83. The first-order chi connectivity index (χ1) is 13.8. The monoisotopic (exact) mass is 434 g/mol. The molecule has 6 heteroatoms. The fourth-order valence-corrected chi connectivity index (χ4v) is 3.45. The highest BCUT2D eigenvalue weighted by atomic mass is 35.5. The van der Waals surface area contributed by atoms with Crippen LogP contribution in [0, 0.1) is 5.92 Å². The average molecular weight is 435 g/mol. The average Bonchev–Trinajstić information content (AvgIpc) is 2.70. The Kier molecular flexibility index (Phi) is 8.99. The number of rotatable bonds is 9. The van der Waals surface area contributed by atoms with Gasteiger partial charge >= 0.3 is 0 Å². The number of hydrogen-bond acceptors (Lipinski definition) is 2. The van der Waals surface area contributed by atoms with Crippen molar-refractivity contribution in [3.63, 3.8) is 0 Å².